The zero-order chi connectivity index (χ0) is 12.0. The topological polar surface area (TPSA) is 52.7 Å². The van der Waals surface area contributed by atoms with Gasteiger partial charge in [-0.15, -0.1) is 0 Å². The molecule has 0 N–H and O–H groups in total. The molecule has 1 aromatic carbocycles. The minimum atomic E-state index is 0.313. The first kappa shape index (κ1) is 10.5. The normalized spacial score (nSPS) is 11.2. The number of rotatable bonds is 0. The van der Waals surface area contributed by atoms with E-state index in [-0.39, 0.29) is 0 Å². The van der Waals surface area contributed by atoms with Crippen LogP contribution in [0.25, 0.3) is 21.9 Å². The second-order valence-electron chi connectivity index (χ2n) is 3.51. The highest BCUT2D eigenvalue weighted by Gasteiger charge is 2.12. The number of nitrogens with zero attached hydrogens (tertiary/aromatic N) is 3. The van der Waals surface area contributed by atoms with Gasteiger partial charge in [-0.2, -0.15) is 4.73 Å². The van der Waals surface area contributed by atoms with E-state index in [0.29, 0.717) is 32.1 Å². The van der Waals surface area contributed by atoms with Crippen LogP contribution in [0.3, 0.4) is 0 Å². The van der Waals surface area contributed by atoms with Crippen molar-refractivity contribution in [2.45, 2.75) is 0 Å². The summed E-state index contributed by atoms with van der Waals surface area (Å²) in [6, 6.07) is 4.89. The zero-order valence-corrected chi connectivity index (χ0v) is 9.90. The SMILES string of the molecule is [O-][n+]1ccnc2c3c(Cl)cc(Cl)nc3ccc21. The summed E-state index contributed by atoms with van der Waals surface area (Å²) < 4.78 is 0.743. The smallest absolute Gasteiger partial charge is 0.243 e. The maximum Gasteiger partial charge on any atom is 0.243 e. The quantitative estimate of drug-likeness (QED) is 0.272. The lowest BCUT2D eigenvalue weighted by Crippen LogP contribution is -2.26. The fourth-order valence-corrected chi connectivity index (χ4v) is 2.33. The van der Waals surface area contributed by atoms with Crippen LogP contribution < -0.4 is 4.73 Å². The molecular weight excluding hydrogens is 261 g/mol. The summed E-state index contributed by atoms with van der Waals surface area (Å²) in [7, 11) is 0. The van der Waals surface area contributed by atoms with Gasteiger partial charge in [0.25, 0.3) is 0 Å². The van der Waals surface area contributed by atoms with Crippen molar-refractivity contribution in [3.63, 3.8) is 0 Å². The van der Waals surface area contributed by atoms with Crippen LogP contribution in [-0.2, 0) is 0 Å². The maximum absolute atomic E-state index is 11.6. The average molecular weight is 266 g/mol. The Bertz CT molecular complexity index is 745. The Hall–Kier alpha value is -1.65. The van der Waals surface area contributed by atoms with E-state index in [1.165, 1.54) is 18.5 Å². The average Bonchev–Trinajstić information content (AvgIpc) is 2.28. The van der Waals surface area contributed by atoms with E-state index in [1.807, 2.05) is 0 Å². The van der Waals surface area contributed by atoms with E-state index in [0.717, 1.165) is 4.73 Å². The summed E-state index contributed by atoms with van der Waals surface area (Å²) >= 11 is 11.9. The van der Waals surface area contributed by atoms with Crippen molar-refractivity contribution < 1.29 is 4.73 Å². The monoisotopic (exact) mass is 265 g/mol. The molecule has 6 heteroatoms. The first-order valence-corrected chi connectivity index (χ1v) is 5.55. The molecule has 0 saturated heterocycles. The van der Waals surface area contributed by atoms with Crippen LogP contribution in [-0.4, -0.2) is 9.97 Å². The van der Waals surface area contributed by atoms with E-state index < -0.39 is 0 Å². The molecule has 17 heavy (non-hydrogen) atoms. The van der Waals surface area contributed by atoms with Crippen molar-refractivity contribution in [3.8, 4) is 0 Å². The molecule has 0 radical (unpaired) electrons. The van der Waals surface area contributed by atoms with Crippen molar-refractivity contribution in [1.82, 2.24) is 9.97 Å². The van der Waals surface area contributed by atoms with Crippen LogP contribution >= 0.6 is 23.2 Å². The highest BCUT2D eigenvalue weighted by molar-refractivity contribution is 6.39. The van der Waals surface area contributed by atoms with Crippen molar-refractivity contribution in [3.05, 3.63) is 46.0 Å². The lowest BCUT2D eigenvalue weighted by atomic mass is 10.2. The predicted octanol–water partition coefficient (Wildman–Crippen LogP) is 2.72. The van der Waals surface area contributed by atoms with Gasteiger partial charge in [-0.1, -0.05) is 23.2 Å². The van der Waals surface area contributed by atoms with E-state index >= 15 is 0 Å². The van der Waals surface area contributed by atoms with Gasteiger partial charge in [-0.05, 0) is 12.1 Å². The Kier molecular flexibility index (Phi) is 2.28. The summed E-state index contributed by atoms with van der Waals surface area (Å²) in [6.07, 6.45) is 2.77. The number of hydrogen-bond donors (Lipinski definition) is 0. The van der Waals surface area contributed by atoms with Crippen molar-refractivity contribution in [1.29, 1.82) is 0 Å². The number of aromatic nitrogens is 3. The van der Waals surface area contributed by atoms with E-state index in [1.54, 1.807) is 12.1 Å². The molecule has 0 aliphatic heterocycles. The number of hydrogen-bond acceptors (Lipinski definition) is 3. The molecule has 0 bridgehead atoms. The molecule has 0 saturated carbocycles. The molecule has 84 valence electrons. The fourth-order valence-electron chi connectivity index (χ4n) is 1.78. The molecule has 2 aromatic heterocycles. The molecule has 0 aliphatic rings. The third-order valence-corrected chi connectivity index (χ3v) is 2.98. The zero-order valence-electron chi connectivity index (χ0n) is 8.39. The number of benzene rings is 1. The molecular formula is C11H5Cl2N3O. The van der Waals surface area contributed by atoms with Crippen LogP contribution in [0.2, 0.25) is 10.2 Å². The lowest BCUT2D eigenvalue weighted by Gasteiger charge is -2.05. The Morgan fingerprint density at radius 3 is 2.88 bits per heavy atom. The molecule has 0 unspecified atom stereocenters. The third kappa shape index (κ3) is 1.57. The molecule has 0 amide bonds. The molecule has 3 aromatic rings. The fraction of sp³-hybridized carbons (Fsp3) is 0. The van der Waals surface area contributed by atoms with Crippen LogP contribution in [0.5, 0.6) is 0 Å². The third-order valence-electron chi connectivity index (χ3n) is 2.49. The van der Waals surface area contributed by atoms with Gasteiger partial charge in [0.15, 0.2) is 6.20 Å². The van der Waals surface area contributed by atoms with Gasteiger partial charge in [0, 0.05) is 6.07 Å². The molecule has 0 aliphatic carbocycles. The van der Waals surface area contributed by atoms with Gasteiger partial charge in [-0.3, -0.25) is 0 Å². The second kappa shape index (κ2) is 3.68. The van der Waals surface area contributed by atoms with Crippen LogP contribution in [0, 0.1) is 5.21 Å². The summed E-state index contributed by atoms with van der Waals surface area (Å²) in [5.41, 5.74) is 1.59. The molecule has 0 atom stereocenters. The van der Waals surface area contributed by atoms with E-state index in [9.17, 15) is 5.21 Å². The van der Waals surface area contributed by atoms with Gasteiger partial charge in [0.05, 0.1) is 22.1 Å². The van der Waals surface area contributed by atoms with Crippen LogP contribution in [0.4, 0.5) is 0 Å². The highest BCUT2D eigenvalue weighted by atomic mass is 35.5. The predicted molar refractivity (Wildman–Crippen MR) is 66.0 cm³/mol. The maximum atomic E-state index is 11.6. The Labute approximate surface area is 106 Å². The van der Waals surface area contributed by atoms with Crippen LogP contribution in [0.15, 0.2) is 30.6 Å². The minimum absolute atomic E-state index is 0.313. The van der Waals surface area contributed by atoms with Gasteiger partial charge < -0.3 is 5.21 Å². The summed E-state index contributed by atoms with van der Waals surface area (Å²) in [6.45, 7) is 0. The number of halogens is 2. The van der Waals surface area contributed by atoms with E-state index in [4.69, 9.17) is 23.2 Å². The first-order valence-electron chi connectivity index (χ1n) is 4.79. The summed E-state index contributed by atoms with van der Waals surface area (Å²) in [4.78, 5) is 8.32. The summed E-state index contributed by atoms with van der Waals surface area (Å²) in [5.74, 6) is 0. The Morgan fingerprint density at radius 1 is 1.24 bits per heavy atom. The van der Waals surface area contributed by atoms with Crippen molar-refractivity contribution in [2.24, 2.45) is 0 Å². The number of pyridine rings is 1. The van der Waals surface area contributed by atoms with Crippen LogP contribution in [0.1, 0.15) is 0 Å². The molecule has 3 rings (SSSR count). The number of fused-ring (bicyclic) bond motifs is 3. The van der Waals surface area contributed by atoms with E-state index in [2.05, 4.69) is 9.97 Å². The first-order chi connectivity index (χ1) is 8.16. The Morgan fingerprint density at radius 2 is 2.06 bits per heavy atom. The standard InChI is InChI=1S/C11H5Cl2N3O/c12-6-5-9(13)15-7-1-2-8-11(10(6)7)14-3-4-16(8)17/h1-5H. The van der Waals surface area contributed by atoms with Crippen molar-refractivity contribution >= 4 is 45.1 Å². The molecule has 2 heterocycles. The second-order valence-corrected chi connectivity index (χ2v) is 4.30. The van der Waals surface area contributed by atoms with Gasteiger partial charge in [0.1, 0.15) is 10.7 Å². The molecule has 4 nitrogen and oxygen atoms in total. The lowest BCUT2D eigenvalue weighted by molar-refractivity contribution is -0.577. The molecule has 0 fully saturated rings. The minimum Gasteiger partial charge on any atom is -0.618 e. The molecule has 0 spiro atoms. The van der Waals surface area contributed by atoms with Gasteiger partial charge in [-0.25, -0.2) is 9.97 Å². The van der Waals surface area contributed by atoms with Crippen molar-refractivity contribution in [2.75, 3.05) is 0 Å². The highest BCUT2D eigenvalue weighted by Crippen LogP contribution is 2.29. The van der Waals surface area contributed by atoms with Gasteiger partial charge in [0.2, 0.25) is 5.52 Å². The Balaban J connectivity index is 2.60. The summed E-state index contributed by atoms with van der Waals surface area (Å²) in [5, 5.41) is 13.0. The largest absolute Gasteiger partial charge is 0.618 e. The van der Waals surface area contributed by atoms with Gasteiger partial charge >= 0.3 is 0 Å².